The van der Waals surface area contributed by atoms with E-state index in [1.807, 2.05) is 0 Å². The van der Waals surface area contributed by atoms with Gasteiger partial charge >= 0.3 is 6.18 Å². The summed E-state index contributed by atoms with van der Waals surface area (Å²) in [6, 6.07) is 1.79. The van der Waals surface area contributed by atoms with Crippen LogP contribution in [0.4, 0.5) is 24.0 Å². The Morgan fingerprint density at radius 2 is 2.16 bits per heavy atom. The summed E-state index contributed by atoms with van der Waals surface area (Å²) in [7, 11) is 0. The average Bonchev–Trinajstić information content (AvgIpc) is 3.48. The maximum absolute atomic E-state index is 13.8. The Hall–Kier alpha value is -3.28. The largest absolute Gasteiger partial charge is 0.467 e. The quantitative estimate of drug-likeness (QED) is 0.538. The second-order valence-corrected chi connectivity index (χ2v) is 8.85. The molecule has 0 fully saturated rings. The van der Waals surface area contributed by atoms with Crippen molar-refractivity contribution in [3.63, 3.8) is 0 Å². The van der Waals surface area contributed by atoms with Crippen LogP contribution in [0.25, 0.3) is 0 Å². The molecule has 168 valence electrons. The molecule has 0 radical (unpaired) electrons. The van der Waals surface area contributed by atoms with Gasteiger partial charge in [-0.1, -0.05) is 0 Å². The molecule has 2 aliphatic rings. The van der Waals surface area contributed by atoms with Gasteiger partial charge in [-0.2, -0.15) is 18.3 Å². The third-order valence-corrected chi connectivity index (χ3v) is 6.91. The van der Waals surface area contributed by atoms with Gasteiger partial charge in [0.2, 0.25) is 0 Å². The van der Waals surface area contributed by atoms with E-state index < -0.39 is 30.1 Å². The lowest BCUT2D eigenvalue weighted by molar-refractivity contribution is -0.174. The molecule has 2 atom stereocenters. The fraction of sp³-hybridized carbons (Fsp3) is 0.350. The number of fused-ring (bicyclic) bond motifs is 2. The second-order valence-electron chi connectivity index (χ2n) is 7.74. The van der Waals surface area contributed by atoms with Crippen LogP contribution in [0.3, 0.4) is 0 Å². The number of carbonyl (C=O) groups is 2. The lowest BCUT2D eigenvalue weighted by atomic mass is 10.0. The van der Waals surface area contributed by atoms with Crippen LogP contribution in [0.1, 0.15) is 62.0 Å². The van der Waals surface area contributed by atoms with Crippen molar-refractivity contribution in [1.82, 2.24) is 9.78 Å². The molecular weight excluding hydrogens is 447 g/mol. The molecule has 32 heavy (non-hydrogen) atoms. The smallest absolute Gasteiger partial charge is 0.410 e. The Morgan fingerprint density at radius 3 is 2.84 bits per heavy atom. The summed E-state index contributed by atoms with van der Waals surface area (Å²) >= 11 is 1.26. The normalized spacial score (nSPS) is 19.8. The number of primary amides is 1. The van der Waals surface area contributed by atoms with Crippen LogP contribution in [0, 0.1) is 0 Å². The first-order valence-electron chi connectivity index (χ1n) is 9.94. The van der Waals surface area contributed by atoms with Crippen LogP contribution < -0.4 is 16.4 Å². The first-order chi connectivity index (χ1) is 15.2. The molecule has 2 amide bonds. The van der Waals surface area contributed by atoms with Gasteiger partial charge in [-0.05, 0) is 37.0 Å². The van der Waals surface area contributed by atoms with Crippen LogP contribution in [0.5, 0.6) is 0 Å². The highest BCUT2D eigenvalue weighted by Gasteiger charge is 2.47. The molecule has 1 aliphatic carbocycles. The number of hydrogen-bond donors (Lipinski definition) is 3. The summed E-state index contributed by atoms with van der Waals surface area (Å²) in [5, 5.41) is 9.80. The third kappa shape index (κ3) is 3.44. The molecular formula is C20H18F3N5O3S. The van der Waals surface area contributed by atoms with Crippen molar-refractivity contribution in [2.75, 3.05) is 10.6 Å². The third-order valence-electron chi connectivity index (χ3n) is 5.70. The van der Waals surface area contributed by atoms with Gasteiger partial charge in [-0.15, -0.1) is 11.3 Å². The minimum atomic E-state index is -4.57. The number of rotatable bonds is 4. The van der Waals surface area contributed by atoms with Crippen LogP contribution in [-0.2, 0) is 12.8 Å². The predicted molar refractivity (Wildman–Crippen MR) is 110 cm³/mol. The van der Waals surface area contributed by atoms with E-state index in [2.05, 4.69) is 15.7 Å². The minimum Gasteiger partial charge on any atom is -0.467 e. The van der Waals surface area contributed by atoms with Gasteiger partial charge in [-0.25, -0.2) is 4.68 Å². The van der Waals surface area contributed by atoms with E-state index >= 15 is 0 Å². The Kier molecular flexibility index (Phi) is 4.77. The zero-order valence-corrected chi connectivity index (χ0v) is 17.3. The van der Waals surface area contributed by atoms with E-state index in [0.717, 1.165) is 28.0 Å². The first-order valence-corrected chi connectivity index (χ1v) is 10.8. The Balaban J connectivity index is 1.46. The molecule has 0 saturated carbocycles. The van der Waals surface area contributed by atoms with Crippen molar-refractivity contribution >= 4 is 34.0 Å². The van der Waals surface area contributed by atoms with Crippen molar-refractivity contribution in [2.45, 2.75) is 43.9 Å². The fourth-order valence-electron chi connectivity index (χ4n) is 4.28. The number of nitrogens with two attached hydrogens (primary N) is 1. The highest BCUT2D eigenvalue weighted by molar-refractivity contribution is 7.17. The van der Waals surface area contributed by atoms with E-state index in [4.69, 9.17) is 10.2 Å². The number of thiophene rings is 1. The molecule has 0 unspecified atom stereocenters. The van der Waals surface area contributed by atoms with Crippen LogP contribution >= 0.6 is 11.3 Å². The van der Waals surface area contributed by atoms with E-state index in [-0.39, 0.29) is 23.5 Å². The summed E-state index contributed by atoms with van der Waals surface area (Å²) in [5.41, 5.74) is 6.41. The van der Waals surface area contributed by atoms with Gasteiger partial charge in [0.25, 0.3) is 11.8 Å². The zero-order valence-electron chi connectivity index (χ0n) is 16.5. The Bertz CT molecular complexity index is 1200. The van der Waals surface area contributed by atoms with Crippen molar-refractivity contribution in [3.05, 3.63) is 51.9 Å². The van der Waals surface area contributed by atoms with E-state index in [0.29, 0.717) is 17.2 Å². The zero-order chi connectivity index (χ0) is 22.6. The molecule has 1 aliphatic heterocycles. The summed E-state index contributed by atoms with van der Waals surface area (Å²) < 4.78 is 47.3. The molecule has 3 aromatic rings. The Labute approximate surface area is 183 Å². The molecule has 0 aromatic carbocycles. The van der Waals surface area contributed by atoms with Gasteiger partial charge in [0.1, 0.15) is 16.6 Å². The van der Waals surface area contributed by atoms with Crippen LogP contribution in [-0.4, -0.2) is 27.8 Å². The number of alkyl halides is 3. The highest BCUT2D eigenvalue weighted by atomic mass is 32.1. The van der Waals surface area contributed by atoms with E-state index in [1.54, 1.807) is 12.1 Å². The topological polar surface area (TPSA) is 115 Å². The summed E-state index contributed by atoms with van der Waals surface area (Å²) in [6.07, 6.45) is -1.13. The van der Waals surface area contributed by atoms with Gasteiger partial charge in [0, 0.05) is 17.4 Å². The number of aromatic nitrogens is 2. The molecule has 0 spiro atoms. The number of anilines is 2. The molecule has 4 heterocycles. The SMILES string of the molecule is NC(=O)c1c(NC(=O)c2cc3n(n2)[C@@H](C(F)(F)F)C[C@@H](c2ccco2)N3)sc2c1CCC2. The number of amides is 2. The molecule has 8 nitrogen and oxygen atoms in total. The fourth-order valence-corrected chi connectivity index (χ4v) is 5.57. The minimum absolute atomic E-state index is 0.0499. The maximum atomic E-state index is 13.8. The number of nitrogens with one attached hydrogen (secondary N) is 2. The van der Waals surface area contributed by atoms with Gasteiger partial charge in [0.15, 0.2) is 11.7 Å². The number of carbonyl (C=O) groups excluding carboxylic acids is 2. The molecule has 0 bridgehead atoms. The second kappa shape index (κ2) is 7.40. The van der Waals surface area contributed by atoms with Crippen molar-refractivity contribution < 1.29 is 27.2 Å². The number of halogens is 3. The van der Waals surface area contributed by atoms with Crippen LogP contribution in [0.2, 0.25) is 0 Å². The lowest BCUT2D eigenvalue weighted by Crippen LogP contribution is -2.35. The van der Waals surface area contributed by atoms with Crippen LogP contribution in [0.15, 0.2) is 28.9 Å². The van der Waals surface area contributed by atoms with Crippen molar-refractivity contribution in [1.29, 1.82) is 0 Å². The average molecular weight is 465 g/mol. The predicted octanol–water partition coefficient (Wildman–Crippen LogP) is 4.04. The van der Waals surface area contributed by atoms with Crippen molar-refractivity contribution in [3.8, 4) is 0 Å². The molecule has 5 rings (SSSR count). The molecule has 0 saturated heterocycles. The van der Waals surface area contributed by atoms with E-state index in [9.17, 15) is 22.8 Å². The standard InChI is InChI=1S/C20H18F3N5O3S/c21-20(22,23)14-7-10(12-4-2-6-31-12)25-15-8-11(27-28(14)15)18(30)26-19-16(17(24)29)9-3-1-5-13(9)32-19/h2,4,6,8,10,14,25H,1,3,5,7H2,(H2,24,29)(H,26,30)/t10-,14+/m0/s1. The monoisotopic (exact) mass is 465 g/mol. The summed E-state index contributed by atoms with van der Waals surface area (Å²) in [5.74, 6) is -0.957. The van der Waals surface area contributed by atoms with Gasteiger partial charge < -0.3 is 20.8 Å². The first kappa shape index (κ1) is 20.6. The number of hydrogen-bond acceptors (Lipinski definition) is 6. The number of aryl methyl sites for hydroxylation is 1. The lowest BCUT2D eigenvalue weighted by Gasteiger charge is -2.32. The van der Waals surface area contributed by atoms with Crippen molar-refractivity contribution in [2.24, 2.45) is 5.73 Å². The summed E-state index contributed by atoms with van der Waals surface area (Å²) in [6.45, 7) is 0. The Morgan fingerprint density at radius 1 is 1.34 bits per heavy atom. The highest BCUT2D eigenvalue weighted by Crippen LogP contribution is 2.44. The van der Waals surface area contributed by atoms with E-state index in [1.165, 1.54) is 23.7 Å². The number of nitrogens with zero attached hydrogens (tertiary/aromatic N) is 2. The summed E-state index contributed by atoms with van der Waals surface area (Å²) in [4.78, 5) is 25.8. The number of furan rings is 1. The molecule has 3 aromatic heterocycles. The molecule has 4 N–H and O–H groups in total. The van der Waals surface area contributed by atoms with Gasteiger partial charge in [-0.3, -0.25) is 9.59 Å². The molecule has 12 heteroatoms. The van der Waals surface area contributed by atoms with Gasteiger partial charge in [0.05, 0.1) is 17.9 Å². The maximum Gasteiger partial charge on any atom is 0.410 e.